The summed E-state index contributed by atoms with van der Waals surface area (Å²) < 4.78 is 0. The van der Waals surface area contributed by atoms with Gasteiger partial charge >= 0.3 is 5.97 Å². The summed E-state index contributed by atoms with van der Waals surface area (Å²) in [5.74, 6) is -1.74. The molecule has 0 aromatic heterocycles. The van der Waals surface area contributed by atoms with Crippen molar-refractivity contribution in [2.24, 2.45) is 11.8 Å². The van der Waals surface area contributed by atoms with Crippen LogP contribution in [0.2, 0.25) is 0 Å². The fourth-order valence-corrected chi connectivity index (χ4v) is 2.30. The molecule has 0 aromatic rings. The molecule has 0 unspecified atom stereocenters. The Morgan fingerprint density at radius 3 is 2.15 bits per heavy atom. The molecule has 1 atom stereocenters. The lowest BCUT2D eigenvalue weighted by molar-refractivity contribution is -0.155. The van der Waals surface area contributed by atoms with E-state index < -0.39 is 12.0 Å². The average molecular weight is 282 g/mol. The molecule has 1 aliphatic heterocycles. The number of amides is 2. The molecule has 20 heavy (non-hydrogen) atoms. The second-order valence-corrected chi connectivity index (χ2v) is 5.63. The second kappa shape index (κ2) is 6.07. The summed E-state index contributed by atoms with van der Waals surface area (Å²) in [6.45, 7) is 9.54. The van der Waals surface area contributed by atoms with E-state index in [1.54, 1.807) is 11.8 Å². The molecular formula is C14H22N2O4. The summed E-state index contributed by atoms with van der Waals surface area (Å²) in [6, 6.07) is -1.02. The Hall–Kier alpha value is -1.85. The van der Waals surface area contributed by atoms with Gasteiger partial charge in [-0.15, -0.1) is 0 Å². The van der Waals surface area contributed by atoms with Gasteiger partial charge in [0.25, 0.3) is 0 Å². The highest BCUT2D eigenvalue weighted by atomic mass is 16.4. The van der Waals surface area contributed by atoms with Crippen molar-refractivity contribution in [3.05, 3.63) is 12.2 Å². The Bertz CT molecular complexity index is 424. The molecule has 0 bridgehead atoms. The molecule has 2 amide bonds. The lowest BCUT2D eigenvalue weighted by atomic mass is 9.95. The maximum atomic E-state index is 12.2. The third-order valence-corrected chi connectivity index (χ3v) is 3.47. The van der Waals surface area contributed by atoms with E-state index in [1.165, 1.54) is 11.9 Å². The maximum absolute atomic E-state index is 12.2. The van der Waals surface area contributed by atoms with Crippen LogP contribution in [-0.4, -0.2) is 58.9 Å². The lowest BCUT2D eigenvalue weighted by Crippen LogP contribution is -2.58. The molecule has 112 valence electrons. The van der Waals surface area contributed by atoms with Crippen LogP contribution in [0.5, 0.6) is 0 Å². The van der Waals surface area contributed by atoms with Crippen molar-refractivity contribution in [2.45, 2.75) is 26.8 Å². The van der Waals surface area contributed by atoms with Crippen molar-refractivity contribution in [1.29, 1.82) is 0 Å². The summed E-state index contributed by atoms with van der Waals surface area (Å²) in [5.41, 5.74) is 0.405. The number of aliphatic carboxylic acids is 1. The van der Waals surface area contributed by atoms with E-state index in [1.807, 2.05) is 13.8 Å². The Morgan fingerprint density at radius 2 is 1.80 bits per heavy atom. The zero-order chi connectivity index (χ0) is 15.6. The molecule has 0 aromatic carbocycles. The van der Waals surface area contributed by atoms with Crippen LogP contribution in [0.1, 0.15) is 20.8 Å². The number of carboxylic acid groups (broad SMARTS) is 1. The lowest BCUT2D eigenvalue weighted by Gasteiger charge is -2.41. The quantitative estimate of drug-likeness (QED) is 0.749. The molecule has 1 saturated heterocycles. The van der Waals surface area contributed by atoms with E-state index in [0.29, 0.717) is 18.7 Å². The average Bonchev–Trinajstić information content (AvgIpc) is 2.25. The van der Waals surface area contributed by atoms with Crippen molar-refractivity contribution >= 4 is 17.8 Å². The van der Waals surface area contributed by atoms with Crippen LogP contribution < -0.4 is 0 Å². The van der Waals surface area contributed by atoms with Gasteiger partial charge in [0.05, 0.1) is 5.92 Å². The second-order valence-electron chi connectivity index (χ2n) is 5.63. The van der Waals surface area contributed by atoms with E-state index >= 15 is 0 Å². The maximum Gasteiger partial charge on any atom is 0.330 e. The van der Waals surface area contributed by atoms with Crippen molar-refractivity contribution in [3.63, 3.8) is 0 Å². The summed E-state index contributed by atoms with van der Waals surface area (Å²) >= 11 is 0. The van der Waals surface area contributed by atoms with Crippen LogP contribution in [0.25, 0.3) is 0 Å². The first-order valence-electron chi connectivity index (χ1n) is 6.60. The van der Waals surface area contributed by atoms with E-state index in [-0.39, 0.29) is 23.7 Å². The topological polar surface area (TPSA) is 77.9 Å². The number of carboxylic acids is 1. The van der Waals surface area contributed by atoms with Gasteiger partial charge in [0.2, 0.25) is 11.8 Å². The Morgan fingerprint density at radius 1 is 1.30 bits per heavy atom. The normalized spacial score (nSPS) is 16.6. The van der Waals surface area contributed by atoms with Gasteiger partial charge in [0.1, 0.15) is 6.04 Å². The van der Waals surface area contributed by atoms with Gasteiger partial charge in [-0.2, -0.15) is 0 Å². The first-order chi connectivity index (χ1) is 9.16. The largest absolute Gasteiger partial charge is 0.479 e. The molecule has 0 saturated carbocycles. The smallest absolute Gasteiger partial charge is 0.330 e. The van der Waals surface area contributed by atoms with E-state index in [2.05, 4.69) is 6.58 Å². The monoisotopic (exact) mass is 282 g/mol. The van der Waals surface area contributed by atoms with Gasteiger partial charge in [-0.1, -0.05) is 20.4 Å². The Labute approximate surface area is 119 Å². The van der Waals surface area contributed by atoms with Crippen LogP contribution in [0.15, 0.2) is 12.2 Å². The van der Waals surface area contributed by atoms with Crippen LogP contribution in [0.3, 0.4) is 0 Å². The molecule has 1 N–H and O–H groups in total. The summed E-state index contributed by atoms with van der Waals surface area (Å²) in [4.78, 5) is 37.9. The predicted molar refractivity (Wildman–Crippen MR) is 73.9 cm³/mol. The number of rotatable bonds is 5. The Balaban J connectivity index is 2.63. The highest BCUT2D eigenvalue weighted by molar-refractivity contribution is 5.89. The molecule has 0 spiro atoms. The van der Waals surface area contributed by atoms with Crippen molar-refractivity contribution in [3.8, 4) is 0 Å². The van der Waals surface area contributed by atoms with Gasteiger partial charge in [-0.05, 0) is 12.5 Å². The first kappa shape index (κ1) is 16.2. The fourth-order valence-electron chi connectivity index (χ4n) is 2.30. The number of hydrogen-bond donors (Lipinski definition) is 1. The molecule has 0 aliphatic carbocycles. The zero-order valence-electron chi connectivity index (χ0n) is 12.4. The predicted octanol–water partition coefficient (Wildman–Crippen LogP) is 0.589. The van der Waals surface area contributed by atoms with E-state index in [9.17, 15) is 14.4 Å². The van der Waals surface area contributed by atoms with Gasteiger partial charge in [0.15, 0.2) is 0 Å². The number of likely N-dealkylation sites (N-methyl/N-ethyl adjacent to an activating group) is 1. The fraction of sp³-hybridized carbons (Fsp3) is 0.643. The van der Waals surface area contributed by atoms with E-state index in [0.717, 1.165) is 0 Å². The molecule has 1 fully saturated rings. The molecule has 6 nitrogen and oxygen atoms in total. The highest BCUT2D eigenvalue weighted by Crippen LogP contribution is 2.22. The minimum Gasteiger partial charge on any atom is -0.479 e. The summed E-state index contributed by atoms with van der Waals surface area (Å²) in [7, 11) is 1.46. The number of likely N-dealkylation sites (tertiary alicyclic amines) is 1. The van der Waals surface area contributed by atoms with Gasteiger partial charge in [-0.3, -0.25) is 9.59 Å². The number of hydrogen-bond acceptors (Lipinski definition) is 3. The molecular weight excluding hydrogens is 260 g/mol. The molecule has 1 aliphatic rings. The third-order valence-electron chi connectivity index (χ3n) is 3.47. The first-order valence-corrected chi connectivity index (χ1v) is 6.60. The van der Waals surface area contributed by atoms with Crippen LogP contribution in [0.4, 0.5) is 0 Å². The van der Waals surface area contributed by atoms with E-state index in [4.69, 9.17) is 5.11 Å². The number of nitrogens with zero attached hydrogens (tertiary/aromatic N) is 2. The van der Waals surface area contributed by atoms with Gasteiger partial charge < -0.3 is 14.9 Å². The Kier molecular flexibility index (Phi) is 4.92. The van der Waals surface area contributed by atoms with Crippen molar-refractivity contribution in [2.75, 3.05) is 20.1 Å². The van der Waals surface area contributed by atoms with Crippen LogP contribution >= 0.6 is 0 Å². The third kappa shape index (κ3) is 3.18. The van der Waals surface area contributed by atoms with Crippen LogP contribution in [0, 0.1) is 11.8 Å². The van der Waals surface area contributed by atoms with Crippen molar-refractivity contribution in [1.82, 2.24) is 9.80 Å². The van der Waals surface area contributed by atoms with Crippen molar-refractivity contribution < 1.29 is 19.5 Å². The molecule has 0 radical (unpaired) electrons. The minimum absolute atomic E-state index is 0.0198. The molecule has 1 heterocycles. The number of carbonyl (C=O) groups is 3. The standard InChI is InChI=1S/C14H22N2O4/c1-8(2)11(14(19)20)15(5)13(18)10-6-16(7-10)12(17)9(3)4/h9-11H,1,6-7H2,2-5H3,(H,19,20)/t11-/m0/s1. The number of carbonyl (C=O) groups excluding carboxylic acids is 2. The molecule has 1 rings (SSSR count). The summed E-state index contributed by atoms with van der Waals surface area (Å²) in [6.07, 6.45) is 0. The minimum atomic E-state index is -1.09. The SMILES string of the molecule is C=C(C)[C@@H](C(=O)O)N(C)C(=O)C1CN(C(=O)C(C)C)C1. The highest BCUT2D eigenvalue weighted by Gasteiger charge is 2.40. The summed E-state index contributed by atoms with van der Waals surface area (Å²) in [5, 5.41) is 9.13. The van der Waals surface area contributed by atoms with Gasteiger partial charge in [-0.25, -0.2) is 4.79 Å². The molecule has 6 heteroatoms. The van der Waals surface area contributed by atoms with Crippen LogP contribution in [-0.2, 0) is 14.4 Å². The van der Waals surface area contributed by atoms with Gasteiger partial charge in [0, 0.05) is 26.1 Å². The zero-order valence-corrected chi connectivity index (χ0v) is 12.4.